The van der Waals surface area contributed by atoms with E-state index < -0.39 is 23.5 Å². The molecule has 1 N–H and O–H groups in total. The third-order valence-corrected chi connectivity index (χ3v) is 12.0. The van der Waals surface area contributed by atoms with Gasteiger partial charge in [0.15, 0.2) is 0 Å². The van der Waals surface area contributed by atoms with Gasteiger partial charge in [-0.15, -0.1) is 11.8 Å². The molecule has 8 rings (SSSR count). The Morgan fingerprint density at radius 3 is 2.56 bits per heavy atom. The number of alkyl carbamates (subject to hydrolysis) is 1. The van der Waals surface area contributed by atoms with Crippen LogP contribution >= 0.6 is 11.8 Å². The number of esters is 1. The zero-order chi connectivity index (χ0) is 30.7. The molecule has 1 aromatic carbocycles. The molecule has 4 aliphatic carbocycles. The number of cyclic esters (lactones) is 1. The summed E-state index contributed by atoms with van der Waals surface area (Å²) >= 11 is 1.50. The van der Waals surface area contributed by atoms with Crippen LogP contribution < -0.4 is 10.1 Å². The number of thioether (sulfide) groups is 1. The summed E-state index contributed by atoms with van der Waals surface area (Å²) in [7, 11) is -0.251. The van der Waals surface area contributed by atoms with Gasteiger partial charge in [0.25, 0.3) is 0 Å². The molecule has 1 unspecified atom stereocenters. The molecule has 9 nitrogen and oxygen atoms in total. The number of carbonyl (C=O) groups excluding carboxylic acids is 2. The van der Waals surface area contributed by atoms with Crippen LogP contribution in [0.15, 0.2) is 17.0 Å². The summed E-state index contributed by atoms with van der Waals surface area (Å²) in [5.41, 5.74) is 0.886. The summed E-state index contributed by atoms with van der Waals surface area (Å²) in [6.07, 6.45) is 2.86. The number of fused-ring (bicyclic) bond motifs is 1. The number of hydrogen-bond acceptors (Lipinski definition) is 9. The van der Waals surface area contributed by atoms with Crippen LogP contribution in [0.25, 0.3) is 0 Å². The third kappa shape index (κ3) is 5.06. The Bertz CT molecular complexity index is 1350. The summed E-state index contributed by atoms with van der Waals surface area (Å²) in [6.45, 7) is 16.8. The second-order valence-electron chi connectivity index (χ2n) is 15.5. The van der Waals surface area contributed by atoms with Crippen molar-refractivity contribution in [1.29, 1.82) is 0 Å². The van der Waals surface area contributed by atoms with Crippen LogP contribution in [-0.4, -0.2) is 66.8 Å². The van der Waals surface area contributed by atoms with Gasteiger partial charge in [-0.2, -0.15) is 0 Å². The number of rotatable bonds is 5. The highest BCUT2D eigenvalue weighted by Gasteiger charge is 2.70. The lowest BCUT2D eigenvalue weighted by molar-refractivity contribution is -0.199. The monoisotopic (exact) mass is 613 g/mol. The minimum absolute atomic E-state index is 0.112. The molecule has 0 radical (unpaired) electrons. The summed E-state index contributed by atoms with van der Waals surface area (Å²) in [4.78, 5) is 26.7. The molecule has 0 aromatic heterocycles. The van der Waals surface area contributed by atoms with E-state index in [1.165, 1.54) is 18.2 Å². The van der Waals surface area contributed by atoms with Crippen molar-refractivity contribution in [1.82, 2.24) is 5.32 Å². The quantitative estimate of drug-likeness (QED) is 0.319. The number of ether oxygens (including phenoxy) is 4. The Labute approximate surface area is 258 Å². The van der Waals surface area contributed by atoms with Gasteiger partial charge in [0, 0.05) is 24.6 Å². The lowest BCUT2D eigenvalue weighted by Gasteiger charge is -2.64. The summed E-state index contributed by atoms with van der Waals surface area (Å²) in [6, 6.07) is 3.79. The van der Waals surface area contributed by atoms with Gasteiger partial charge in [-0.25, -0.2) is 9.59 Å². The first-order valence-electron chi connectivity index (χ1n) is 15.7. The van der Waals surface area contributed by atoms with Gasteiger partial charge >= 0.3 is 19.2 Å². The highest BCUT2D eigenvalue weighted by Crippen LogP contribution is 2.68. The van der Waals surface area contributed by atoms with E-state index in [1.807, 2.05) is 26.8 Å². The molecule has 1 amide bonds. The van der Waals surface area contributed by atoms with Crippen molar-refractivity contribution in [3.63, 3.8) is 0 Å². The molecule has 2 bridgehead atoms. The lowest BCUT2D eigenvalue weighted by Crippen LogP contribution is -2.65. The van der Waals surface area contributed by atoms with Gasteiger partial charge in [0.2, 0.25) is 5.79 Å². The van der Waals surface area contributed by atoms with Crippen LogP contribution in [0.2, 0.25) is 5.82 Å². The second-order valence-corrected chi connectivity index (χ2v) is 16.8. The van der Waals surface area contributed by atoms with Crippen molar-refractivity contribution in [2.24, 2.45) is 17.3 Å². The molecule has 4 saturated carbocycles. The Morgan fingerprint density at radius 1 is 1.07 bits per heavy atom. The molecule has 7 aliphatic rings. The maximum Gasteiger partial charge on any atom is 0.461 e. The molecule has 3 heterocycles. The molecule has 234 valence electrons. The van der Waals surface area contributed by atoms with E-state index in [-0.39, 0.29) is 41.9 Å². The minimum atomic E-state index is -1.08. The SMILES string of the molecule is CC(C)(C)OC(=O)N[C@H]1COC[C@@H]1Sc1ccc([C@H]2C[C@H]2B2OC3C[C@@H]4C[C@@H](C4(C)C)[C@]3(C)O2)c2c1C(=O)OC(C)(C)O2. The third-order valence-electron chi connectivity index (χ3n) is 10.6. The Hall–Kier alpha value is -1.95. The largest absolute Gasteiger partial charge is 0.461 e. The van der Waals surface area contributed by atoms with Crippen LogP contribution in [0.3, 0.4) is 0 Å². The summed E-state index contributed by atoms with van der Waals surface area (Å²) in [5, 5.41) is 2.83. The van der Waals surface area contributed by atoms with E-state index in [0.717, 1.165) is 23.3 Å². The smallest absolute Gasteiger partial charge is 0.452 e. The zero-order valence-electron chi connectivity index (χ0n) is 26.5. The zero-order valence-corrected chi connectivity index (χ0v) is 27.3. The van der Waals surface area contributed by atoms with Gasteiger partial charge < -0.3 is 33.6 Å². The maximum atomic E-state index is 13.5. The lowest BCUT2D eigenvalue weighted by atomic mass is 9.43. The van der Waals surface area contributed by atoms with E-state index in [9.17, 15) is 9.59 Å². The highest BCUT2D eigenvalue weighted by molar-refractivity contribution is 8.00. The fraction of sp³-hybridized carbons (Fsp3) is 0.750. The van der Waals surface area contributed by atoms with Crippen molar-refractivity contribution in [3.8, 4) is 5.75 Å². The van der Waals surface area contributed by atoms with Gasteiger partial charge in [-0.1, -0.05) is 19.9 Å². The standard InChI is InChI=1S/C32H44BNO8S/c1-29(2,3)40-28(36)34-20-14-37-15-22(20)43-21-10-9-17(26-25(21)27(35)39-31(6,7)38-26)18-13-19(18)33-41-24-12-16-11-23(30(16,4)5)32(24,8)42-33/h9-10,16,18-20,22-24H,11-15H2,1-8H3,(H,34,36)/t16-,18+,19+,20-,22-,23-,24?,32-/m0/s1. The van der Waals surface area contributed by atoms with Crippen molar-refractivity contribution in [2.75, 3.05) is 13.2 Å². The van der Waals surface area contributed by atoms with E-state index in [0.29, 0.717) is 41.8 Å². The fourth-order valence-electron chi connectivity index (χ4n) is 8.18. The van der Waals surface area contributed by atoms with Crippen LogP contribution in [0.5, 0.6) is 5.75 Å². The van der Waals surface area contributed by atoms with Crippen molar-refractivity contribution in [3.05, 3.63) is 23.3 Å². The molecule has 3 aliphatic heterocycles. The van der Waals surface area contributed by atoms with Crippen LogP contribution in [0, 0.1) is 17.3 Å². The summed E-state index contributed by atoms with van der Waals surface area (Å²) < 4.78 is 36.7. The molecule has 1 aromatic rings. The minimum Gasteiger partial charge on any atom is -0.452 e. The van der Waals surface area contributed by atoms with Crippen LogP contribution in [0.4, 0.5) is 4.79 Å². The normalized spacial score (nSPS) is 38.3. The van der Waals surface area contributed by atoms with Crippen LogP contribution in [0.1, 0.15) is 96.5 Å². The molecule has 11 heteroatoms. The van der Waals surface area contributed by atoms with Gasteiger partial charge in [0.1, 0.15) is 16.9 Å². The molecule has 2 saturated heterocycles. The predicted molar refractivity (Wildman–Crippen MR) is 161 cm³/mol. The molecule has 8 atom stereocenters. The second kappa shape index (κ2) is 9.78. The fourth-order valence-corrected chi connectivity index (χ4v) is 9.42. The van der Waals surface area contributed by atoms with Crippen LogP contribution in [-0.2, 0) is 23.5 Å². The van der Waals surface area contributed by atoms with Crippen molar-refractivity contribution >= 4 is 30.9 Å². The van der Waals surface area contributed by atoms with Crippen molar-refractivity contribution in [2.45, 2.75) is 126 Å². The Kier molecular flexibility index (Phi) is 6.76. The average Bonchev–Trinajstić information content (AvgIpc) is 3.41. The number of amides is 1. The number of nitrogens with one attached hydrogen (secondary N) is 1. The topological polar surface area (TPSA) is 102 Å². The summed E-state index contributed by atoms with van der Waals surface area (Å²) in [5.74, 6) is 0.692. The van der Waals surface area contributed by atoms with E-state index in [1.54, 1.807) is 13.8 Å². The molecule has 43 heavy (non-hydrogen) atoms. The molecular formula is C32H44BNO8S. The maximum absolute atomic E-state index is 13.5. The molecule has 0 spiro atoms. The molecular weight excluding hydrogens is 569 g/mol. The number of carbonyl (C=O) groups is 2. The highest BCUT2D eigenvalue weighted by atomic mass is 32.2. The van der Waals surface area contributed by atoms with Gasteiger partial charge in [-0.3, -0.25) is 0 Å². The first-order chi connectivity index (χ1) is 20.1. The molecule has 6 fully saturated rings. The van der Waals surface area contributed by atoms with E-state index in [2.05, 4.69) is 32.2 Å². The number of benzene rings is 1. The first-order valence-corrected chi connectivity index (χ1v) is 16.6. The van der Waals surface area contributed by atoms with Gasteiger partial charge in [0.05, 0.1) is 36.2 Å². The Balaban J connectivity index is 1.11. The first kappa shape index (κ1) is 29.7. The van der Waals surface area contributed by atoms with Gasteiger partial charge in [-0.05, 0) is 81.8 Å². The number of hydrogen-bond donors (Lipinski definition) is 1. The van der Waals surface area contributed by atoms with Crippen molar-refractivity contribution < 1.29 is 37.8 Å². The van der Waals surface area contributed by atoms with E-state index in [4.69, 9.17) is 28.3 Å². The Morgan fingerprint density at radius 2 is 1.84 bits per heavy atom. The average molecular weight is 614 g/mol. The predicted octanol–water partition coefficient (Wildman–Crippen LogP) is 5.94. The van der Waals surface area contributed by atoms with E-state index >= 15 is 0 Å².